The van der Waals surface area contributed by atoms with Crippen LogP contribution in [0.3, 0.4) is 0 Å². The SMILES string of the molecule is CCCc1c(-c2cccs2)c2n(c1C(=O)N(CC)C(C)(C)C)CCc1cc(OC)c(S(=O)(=O)CC)cc1-2. The van der Waals surface area contributed by atoms with Crippen LogP contribution in [0.15, 0.2) is 34.5 Å². The first-order chi connectivity index (χ1) is 17.5. The van der Waals surface area contributed by atoms with Crippen molar-refractivity contribution in [2.24, 2.45) is 0 Å². The predicted molar refractivity (Wildman–Crippen MR) is 152 cm³/mol. The Labute approximate surface area is 225 Å². The standard InChI is InChI=1S/C29H38N2O4S2/c1-8-12-20-25(23-13-11-16-36-23)26-21-18-24(37(33,34)10-3)22(35-7)17-19(21)14-15-30(26)27(20)28(32)31(9-2)29(4,5)6/h11,13,16-18H,8-10,12,14-15H2,1-7H3. The third-order valence-corrected chi connectivity index (χ3v) is 9.81. The molecule has 1 aliphatic rings. The van der Waals surface area contributed by atoms with Gasteiger partial charge in [-0.25, -0.2) is 8.42 Å². The van der Waals surface area contributed by atoms with Crippen molar-refractivity contribution >= 4 is 27.1 Å². The molecule has 0 aliphatic carbocycles. The molecule has 1 amide bonds. The number of methoxy groups -OCH3 is 1. The van der Waals surface area contributed by atoms with E-state index < -0.39 is 9.84 Å². The van der Waals surface area contributed by atoms with E-state index in [1.807, 2.05) is 24.0 Å². The number of aryl methyl sites for hydroxylation is 1. The van der Waals surface area contributed by atoms with Gasteiger partial charge >= 0.3 is 0 Å². The number of nitrogens with zero attached hydrogens (tertiary/aromatic N) is 2. The number of benzene rings is 1. The van der Waals surface area contributed by atoms with E-state index in [1.54, 1.807) is 24.3 Å². The fourth-order valence-corrected chi connectivity index (χ4v) is 7.32. The maximum atomic E-state index is 14.3. The van der Waals surface area contributed by atoms with Gasteiger partial charge in [-0.05, 0) is 75.2 Å². The topological polar surface area (TPSA) is 68.6 Å². The van der Waals surface area contributed by atoms with Crippen molar-refractivity contribution in [3.05, 3.63) is 46.5 Å². The maximum Gasteiger partial charge on any atom is 0.271 e. The highest BCUT2D eigenvalue weighted by Crippen LogP contribution is 2.47. The second-order valence-corrected chi connectivity index (χ2v) is 13.7. The van der Waals surface area contributed by atoms with Crippen LogP contribution in [0, 0.1) is 0 Å². The smallest absolute Gasteiger partial charge is 0.271 e. The van der Waals surface area contributed by atoms with Crippen molar-refractivity contribution in [1.29, 1.82) is 0 Å². The van der Waals surface area contributed by atoms with Gasteiger partial charge in [-0.15, -0.1) is 11.3 Å². The van der Waals surface area contributed by atoms with Crippen LogP contribution in [-0.2, 0) is 29.2 Å². The summed E-state index contributed by atoms with van der Waals surface area (Å²) in [5.74, 6) is 0.400. The monoisotopic (exact) mass is 542 g/mol. The molecular formula is C29H38N2O4S2. The number of sulfone groups is 1. The Bertz CT molecular complexity index is 1410. The van der Waals surface area contributed by atoms with Crippen LogP contribution < -0.4 is 4.74 Å². The number of ether oxygens (including phenoxy) is 1. The van der Waals surface area contributed by atoms with E-state index in [0.717, 1.165) is 51.4 Å². The van der Waals surface area contributed by atoms with Gasteiger partial charge < -0.3 is 14.2 Å². The molecule has 1 aromatic carbocycles. The minimum atomic E-state index is -3.52. The zero-order valence-corrected chi connectivity index (χ0v) is 24.6. The number of carbonyl (C=O) groups is 1. The van der Waals surface area contributed by atoms with Crippen molar-refractivity contribution < 1.29 is 17.9 Å². The molecule has 0 atom stereocenters. The van der Waals surface area contributed by atoms with Crippen LogP contribution in [0.4, 0.5) is 0 Å². The first-order valence-electron chi connectivity index (χ1n) is 13.0. The Morgan fingerprint density at radius 3 is 2.46 bits per heavy atom. The van der Waals surface area contributed by atoms with Gasteiger partial charge in [0.05, 0.1) is 18.6 Å². The Kier molecular flexibility index (Phi) is 7.64. The Balaban J connectivity index is 2.11. The van der Waals surface area contributed by atoms with Gasteiger partial charge in [0.15, 0.2) is 9.84 Å². The van der Waals surface area contributed by atoms with E-state index in [1.165, 1.54) is 7.11 Å². The number of amides is 1. The highest BCUT2D eigenvalue weighted by molar-refractivity contribution is 7.91. The summed E-state index contributed by atoms with van der Waals surface area (Å²) in [7, 11) is -2.00. The summed E-state index contributed by atoms with van der Waals surface area (Å²) >= 11 is 1.65. The molecule has 0 saturated heterocycles. The van der Waals surface area contributed by atoms with E-state index >= 15 is 0 Å². The molecule has 3 aromatic rings. The average Bonchev–Trinajstić information content (AvgIpc) is 3.48. The number of fused-ring (bicyclic) bond motifs is 3. The zero-order chi connectivity index (χ0) is 27.1. The number of hydrogen-bond donors (Lipinski definition) is 0. The lowest BCUT2D eigenvalue weighted by Gasteiger charge is -2.35. The Hall–Kier alpha value is -2.58. The summed E-state index contributed by atoms with van der Waals surface area (Å²) in [6.07, 6.45) is 2.35. The number of hydrogen-bond acceptors (Lipinski definition) is 5. The summed E-state index contributed by atoms with van der Waals surface area (Å²) in [6, 6.07) is 7.78. The van der Waals surface area contributed by atoms with Crippen LogP contribution in [0.25, 0.3) is 21.7 Å². The van der Waals surface area contributed by atoms with Gasteiger partial charge in [-0.3, -0.25) is 4.79 Å². The van der Waals surface area contributed by atoms with Crippen molar-refractivity contribution in [1.82, 2.24) is 9.47 Å². The van der Waals surface area contributed by atoms with E-state index in [9.17, 15) is 13.2 Å². The Morgan fingerprint density at radius 2 is 1.92 bits per heavy atom. The normalized spacial score (nSPS) is 13.3. The molecule has 0 saturated carbocycles. The number of carbonyl (C=O) groups excluding carboxylic acids is 1. The lowest BCUT2D eigenvalue weighted by atomic mass is 9.93. The van der Waals surface area contributed by atoms with Crippen LogP contribution >= 0.6 is 11.3 Å². The van der Waals surface area contributed by atoms with E-state index in [2.05, 4.69) is 43.7 Å². The molecule has 0 spiro atoms. The van der Waals surface area contributed by atoms with Crippen LogP contribution in [0.2, 0.25) is 0 Å². The van der Waals surface area contributed by atoms with Gasteiger partial charge in [0.2, 0.25) is 0 Å². The fraction of sp³-hybridized carbons (Fsp3) is 0.483. The van der Waals surface area contributed by atoms with Gasteiger partial charge in [0.25, 0.3) is 5.91 Å². The van der Waals surface area contributed by atoms with Crippen molar-refractivity contribution in [2.75, 3.05) is 19.4 Å². The lowest BCUT2D eigenvalue weighted by molar-refractivity contribution is 0.0586. The summed E-state index contributed by atoms with van der Waals surface area (Å²) < 4.78 is 33.8. The van der Waals surface area contributed by atoms with E-state index in [0.29, 0.717) is 25.3 Å². The van der Waals surface area contributed by atoms with Gasteiger partial charge in [-0.2, -0.15) is 0 Å². The molecule has 6 nitrogen and oxygen atoms in total. The third-order valence-electron chi connectivity index (χ3n) is 7.17. The molecule has 1 aliphatic heterocycles. The van der Waals surface area contributed by atoms with Crippen LogP contribution in [-0.4, -0.2) is 48.7 Å². The molecule has 0 radical (unpaired) electrons. The molecule has 0 bridgehead atoms. The van der Waals surface area contributed by atoms with E-state index in [-0.39, 0.29) is 22.1 Å². The molecule has 0 fully saturated rings. The minimum Gasteiger partial charge on any atom is -0.495 e. The minimum absolute atomic E-state index is 0.0111. The molecular weight excluding hydrogens is 504 g/mol. The molecule has 37 heavy (non-hydrogen) atoms. The number of rotatable bonds is 8. The first kappa shape index (κ1) is 27.5. The highest BCUT2D eigenvalue weighted by atomic mass is 32.2. The largest absolute Gasteiger partial charge is 0.495 e. The van der Waals surface area contributed by atoms with Crippen LogP contribution in [0.1, 0.15) is 69.6 Å². The summed E-state index contributed by atoms with van der Waals surface area (Å²) in [6.45, 7) is 13.3. The molecule has 200 valence electrons. The first-order valence-corrected chi connectivity index (χ1v) is 15.6. The predicted octanol–water partition coefficient (Wildman–Crippen LogP) is 6.46. The van der Waals surface area contributed by atoms with Gasteiger partial charge in [0, 0.05) is 34.6 Å². The maximum absolute atomic E-state index is 14.3. The lowest BCUT2D eigenvalue weighted by Crippen LogP contribution is -2.46. The van der Waals surface area contributed by atoms with Crippen molar-refractivity contribution in [2.45, 2.75) is 77.8 Å². The molecule has 2 aromatic heterocycles. The molecule has 0 unspecified atom stereocenters. The summed E-state index contributed by atoms with van der Waals surface area (Å²) in [4.78, 5) is 17.5. The fourth-order valence-electron chi connectivity index (χ4n) is 5.47. The Morgan fingerprint density at radius 1 is 1.19 bits per heavy atom. The summed E-state index contributed by atoms with van der Waals surface area (Å²) in [5, 5.41) is 2.05. The third kappa shape index (κ3) is 4.74. The number of thiophene rings is 1. The van der Waals surface area contributed by atoms with E-state index in [4.69, 9.17) is 4.74 Å². The second-order valence-electron chi connectivity index (χ2n) is 10.5. The highest BCUT2D eigenvalue weighted by Gasteiger charge is 2.36. The van der Waals surface area contributed by atoms with Crippen molar-refractivity contribution in [3.63, 3.8) is 0 Å². The van der Waals surface area contributed by atoms with Gasteiger partial charge in [0.1, 0.15) is 16.3 Å². The number of aromatic nitrogens is 1. The second kappa shape index (κ2) is 10.3. The molecule has 3 heterocycles. The quantitative estimate of drug-likeness (QED) is 0.328. The summed E-state index contributed by atoms with van der Waals surface area (Å²) in [5.41, 5.74) is 5.37. The van der Waals surface area contributed by atoms with Crippen LogP contribution in [0.5, 0.6) is 5.75 Å². The molecule has 8 heteroatoms. The molecule has 0 N–H and O–H groups in total. The van der Waals surface area contributed by atoms with Gasteiger partial charge in [-0.1, -0.05) is 26.3 Å². The van der Waals surface area contributed by atoms with Crippen molar-refractivity contribution in [3.8, 4) is 27.4 Å². The zero-order valence-electron chi connectivity index (χ0n) is 23.0. The average molecular weight is 543 g/mol. The molecule has 4 rings (SSSR count).